The van der Waals surface area contributed by atoms with Gasteiger partial charge in [0, 0.05) is 13.1 Å². The lowest BCUT2D eigenvalue weighted by molar-refractivity contribution is -0.0510. The molecule has 0 saturated carbocycles. The summed E-state index contributed by atoms with van der Waals surface area (Å²) >= 11 is 0. The first-order chi connectivity index (χ1) is 8.50. The molecule has 1 N–H and O–H groups in total. The standard InChI is InChI=1S/C9H20N2.CHF3O3S/c1-4-5-6-11-8-7-10(3)9(11)2;2-1(3,4)8(5,6)7/h9H,4-8H2,1-3H3;(H,5,6,7). The Morgan fingerprint density at radius 3 is 2.05 bits per heavy atom. The number of nitrogens with zero attached hydrogens (tertiary/aromatic N) is 2. The predicted octanol–water partition coefficient (Wildman–Crippen LogP) is 1.77. The van der Waals surface area contributed by atoms with Crippen LogP contribution in [-0.4, -0.2) is 61.1 Å². The summed E-state index contributed by atoms with van der Waals surface area (Å²) in [6, 6.07) is 0. The minimum atomic E-state index is -5.84. The third-order valence-corrected chi connectivity index (χ3v) is 3.58. The summed E-state index contributed by atoms with van der Waals surface area (Å²) in [6.07, 6.45) is 3.33. The topological polar surface area (TPSA) is 60.9 Å². The summed E-state index contributed by atoms with van der Waals surface area (Å²) in [5.41, 5.74) is -5.53. The van der Waals surface area contributed by atoms with E-state index in [-0.39, 0.29) is 0 Å². The Balaban J connectivity index is 0.000000362. The number of rotatable bonds is 3. The number of unbranched alkanes of at least 4 members (excludes halogenated alkanes) is 1. The molecule has 19 heavy (non-hydrogen) atoms. The summed E-state index contributed by atoms with van der Waals surface area (Å²) in [4.78, 5) is 4.97. The van der Waals surface area contributed by atoms with Crippen LogP contribution in [0, 0.1) is 0 Å². The second-order valence-electron chi connectivity index (χ2n) is 4.42. The first kappa shape index (κ1) is 18.6. The van der Waals surface area contributed by atoms with E-state index in [0.717, 1.165) is 0 Å². The third-order valence-electron chi connectivity index (χ3n) is 3.00. The van der Waals surface area contributed by atoms with E-state index in [1.165, 1.54) is 32.5 Å². The highest BCUT2D eigenvalue weighted by molar-refractivity contribution is 7.86. The molecule has 0 amide bonds. The predicted molar refractivity (Wildman–Crippen MR) is 66.2 cm³/mol. The van der Waals surface area contributed by atoms with Crippen molar-refractivity contribution < 1.29 is 26.1 Å². The van der Waals surface area contributed by atoms with Crippen LogP contribution in [0.1, 0.15) is 26.7 Å². The first-order valence-corrected chi connectivity index (χ1v) is 7.42. The van der Waals surface area contributed by atoms with Gasteiger partial charge in [0.1, 0.15) is 0 Å². The molecule has 1 unspecified atom stereocenters. The normalized spacial score (nSPS) is 22.2. The molecule has 1 rings (SSSR count). The Kier molecular flexibility index (Phi) is 7.27. The van der Waals surface area contributed by atoms with Gasteiger partial charge in [0.2, 0.25) is 0 Å². The second kappa shape index (κ2) is 7.41. The van der Waals surface area contributed by atoms with Crippen molar-refractivity contribution in [1.29, 1.82) is 0 Å². The van der Waals surface area contributed by atoms with Crippen molar-refractivity contribution in [1.82, 2.24) is 9.80 Å². The zero-order valence-corrected chi connectivity index (χ0v) is 12.1. The van der Waals surface area contributed by atoms with Gasteiger partial charge < -0.3 is 0 Å². The van der Waals surface area contributed by atoms with E-state index < -0.39 is 15.6 Å². The van der Waals surface area contributed by atoms with E-state index in [0.29, 0.717) is 6.17 Å². The van der Waals surface area contributed by atoms with Crippen LogP contribution in [-0.2, 0) is 10.1 Å². The molecule has 0 aliphatic carbocycles. The van der Waals surface area contributed by atoms with Crippen LogP contribution in [0.5, 0.6) is 0 Å². The lowest BCUT2D eigenvalue weighted by Crippen LogP contribution is -2.34. The first-order valence-electron chi connectivity index (χ1n) is 5.98. The molecule has 1 heterocycles. The maximum Gasteiger partial charge on any atom is 0.522 e. The van der Waals surface area contributed by atoms with Gasteiger partial charge in [-0.25, -0.2) is 0 Å². The van der Waals surface area contributed by atoms with Crippen LogP contribution in [0.3, 0.4) is 0 Å². The smallest absolute Gasteiger partial charge is 0.290 e. The van der Waals surface area contributed by atoms with Crippen LogP contribution < -0.4 is 0 Å². The zero-order chi connectivity index (χ0) is 15.3. The lowest BCUT2D eigenvalue weighted by atomic mass is 10.3. The minimum absolute atomic E-state index is 0.668. The van der Waals surface area contributed by atoms with Crippen LogP contribution in [0.4, 0.5) is 13.2 Å². The molecule has 0 aromatic heterocycles. The van der Waals surface area contributed by atoms with Gasteiger partial charge in [0.15, 0.2) is 0 Å². The van der Waals surface area contributed by atoms with E-state index in [4.69, 9.17) is 13.0 Å². The van der Waals surface area contributed by atoms with Gasteiger partial charge in [-0.3, -0.25) is 14.4 Å². The van der Waals surface area contributed by atoms with Gasteiger partial charge in [0.05, 0.1) is 6.17 Å². The molecule has 1 fully saturated rings. The van der Waals surface area contributed by atoms with E-state index in [1.807, 2.05) is 0 Å². The highest BCUT2D eigenvalue weighted by Crippen LogP contribution is 2.20. The van der Waals surface area contributed by atoms with Crippen LogP contribution >= 0.6 is 0 Å². The number of halogens is 3. The molecular weight excluding hydrogens is 285 g/mol. The van der Waals surface area contributed by atoms with Crippen molar-refractivity contribution in [2.24, 2.45) is 0 Å². The van der Waals surface area contributed by atoms with E-state index in [9.17, 15) is 13.2 Å². The number of likely N-dealkylation sites (N-methyl/N-ethyl adjacent to an activating group) is 1. The molecule has 0 aromatic rings. The van der Waals surface area contributed by atoms with Crippen molar-refractivity contribution in [3.05, 3.63) is 0 Å². The summed E-state index contributed by atoms with van der Waals surface area (Å²) in [6.45, 7) is 8.33. The molecule has 1 aliphatic heterocycles. The van der Waals surface area contributed by atoms with Gasteiger partial charge in [0.25, 0.3) is 0 Å². The summed E-state index contributed by atoms with van der Waals surface area (Å²) in [7, 11) is -3.64. The summed E-state index contributed by atoms with van der Waals surface area (Å²) in [5.74, 6) is 0. The number of alkyl halides is 3. The van der Waals surface area contributed by atoms with Gasteiger partial charge in [-0.05, 0) is 26.9 Å². The van der Waals surface area contributed by atoms with Gasteiger partial charge >= 0.3 is 15.6 Å². The van der Waals surface area contributed by atoms with E-state index in [2.05, 4.69) is 30.7 Å². The molecule has 0 aromatic carbocycles. The molecule has 5 nitrogen and oxygen atoms in total. The Bertz CT molecular complexity index is 360. The minimum Gasteiger partial charge on any atom is -0.290 e. The summed E-state index contributed by atoms with van der Waals surface area (Å²) in [5, 5.41) is 0. The van der Waals surface area contributed by atoms with Gasteiger partial charge in [-0.15, -0.1) is 0 Å². The quantitative estimate of drug-likeness (QED) is 0.636. The number of hydrogen-bond acceptors (Lipinski definition) is 4. The van der Waals surface area contributed by atoms with Crippen LogP contribution in [0.25, 0.3) is 0 Å². The average Bonchev–Trinajstić information content (AvgIpc) is 2.55. The van der Waals surface area contributed by atoms with Crippen molar-refractivity contribution in [3.63, 3.8) is 0 Å². The molecule has 1 aliphatic rings. The second-order valence-corrected chi connectivity index (χ2v) is 5.84. The summed E-state index contributed by atoms with van der Waals surface area (Å²) < 4.78 is 57.5. The van der Waals surface area contributed by atoms with Crippen molar-refractivity contribution in [2.45, 2.75) is 38.4 Å². The fourth-order valence-corrected chi connectivity index (χ4v) is 1.60. The molecule has 116 valence electrons. The van der Waals surface area contributed by atoms with Crippen LogP contribution in [0.15, 0.2) is 0 Å². The SMILES string of the molecule is CCCCN1CCN(C)C1C.O=S(=O)(O)C(F)(F)F. The monoisotopic (exact) mass is 306 g/mol. The maximum atomic E-state index is 10.7. The highest BCUT2D eigenvalue weighted by atomic mass is 32.2. The van der Waals surface area contributed by atoms with Crippen LogP contribution in [0.2, 0.25) is 0 Å². The van der Waals surface area contributed by atoms with E-state index in [1.54, 1.807) is 0 Å². The molecule has 0 bridgehead atoms. The molecular formula is C10H21F3N2O3S. The largest absolute Gasteiger partial charge is 0.522 e. The third kappa shape index (κ3) is 6.55. The molecule has 0 radical (unpaired) electrons. The van der Waals surface area contributed by atoms with Crippen molar-refractivity contribution >= 4 is 10.1 Å². The Morgan fingerprint density at radius 1 is 1.32 bits per heavy atom. The maximum absolute atomic E-state index is 10.7. The number of hydrogen-bond donors (Lipinski definition) is 1. The molecule has 1 atom stereocenters. The molecule has 0 spiro atoms. The Morgan fingerprint density at radius 2 is 1.79 bits per heavy atom. The van der Waals surface area contributed by atoms with Crippen molar-refractivity contribution in [2.75, 3.05) is 26.7 Å². The molecule has 1 saturated heterocycles. The molecule has 9 heteroatoms. The van der Waals surface area contributed by atoms with Crippen molar-refractivity contribution in [3.8, 4) is 0 Å². The van der Waals surface area contributed by atoms with Gasteiger partial charge in [-0.1, -0.05) is 13.3 Å². The Hall–Kier alpha value is -0.380. The highest BCUT2D eigenvalue weighted by Gasteiger charge is 2.44. The Labute approximate surface area is 112 Å². The fourth-order valence-electron chi connectivity index (χ4n) is 1.60. The lowest BCUT2D eigenvalue weighted by Gasteiger charge is -2.23. The average molecular weight is 306 g/mol. The van der Waals surface area contributed by atoms with E-state index >= 15 is 0 Å². The van der Waals surface area contributed by atoms with Gasteiger partial charge in [-0.2, -0.15) is 21.6 Å². The fraction of sp³-hybridized carbons (Fsp3) is 1.00. The zero-order valence-electron chi connectivity index (χ0n) is 11.3.